The minimum Gasteiger partial charge on any atom is -0.376 e. The molecular weight excluding hydrogens is 230 g/mol. The molecule has 1 N–H and O–H groups in total. The van der Waals surface area contributed by atoms with Gasteiger partial charge in [0.1, 0.15) is 0 Å². The van der Waals surface area contributed by atoms with Gasteiger partial charge in [-0.05, 0) is 17.8 Å². The van der Waals surface area contributed by atoms with Crippen LogP contribution in [0.3, 0.4) is 0 Å². The first-order chi connectivity index (χ1) is 8.58. The molecule has 0 saturated heterocycles. The topological polar surface area (TPSA) is 55.4 Å². The fraction of sp³-hybridized carbons (Fsp3) is 0.714. The first-order valence-electron chi connectivity index (χ1n) is 6.71. The SMILES string of the molecule is C[C@H]1CCC[C@H](C)C1COCC1=CC(=O)NC1=O. The third-order valence-electron chi connectivity index (χ3n) is 4.18. The maximum Gasteiger partial charge on any atom is 0.256 e. The van der Waals surface area contributed by atoms with Gasteiger partial charge in [0.15, 0.2) is 0 Å². The molecule has 4 heteroatoms. The summed E-state index contributed by atoms with van der Waals surface area (Å²) in [5.74, 6) is 1.28. The zero-order valence-corrected chi connectivity index (χ0v) is 11.1. The van der Waals surface area contributed by atoms with E-state index in [0.29, 0.717) is 29.9 Å². The Labute approximate surface area is 108 Å². The van der Waals surface area contributed by atoms with E-state index in [4.69, 9.17) is 4.74 Å². The van der Waals surface area contributed by atoms with Crippen molar-refractivity contribution >= 4 is 11.8 Å². The number of carbonyl (C=O) groups is 2. The first-order valence-corrected chi connectivity index (χ1v) is 6.71. The molecule has 1 fully saturated rings. The summed E-state index contributed by atoms with van der Waals surface area (Å²) >= 11 is 0. The molecule has 0 unspecified atom stereocenters. The van der Waals surface area contributed by atoms with E-state index in [0.717, 1.165) is 0 Å². The van der Waals surface area contributed by atoms with E-state index < -0.39 is 0 Å². The van der Waals surface area contributed by atoms with Crippen LogP contribution in [0.15, 0.2) is 11.6 Å². The van der Waals surface area contributed by atoms with Crippen molar-refractivity contribution in [2.24, 2.45) is 17.8 Å². The van der Waals surface area contributed by atoms with Gasteiger partial charge in [0.2, 0.25) is 0 Å². The van der Waals surface area contributed by atoms with Crippen LogP contribution >= 0.6 is 0 Å². The molecular formula is C14H21NO3. The lowest BCUT2D eigenvalue weighted by atomic mass is 9.74. The molecule has 18 heavy (non-hydrogen) atoms. The number of amides is 2. The molecule has 1 aliphatic heterocycles. The summed E-state index contributed by atoms with van der Waals surface area (Å²) < 4.78 is 5.64. The molecule has 4 nitrogen and oxygen atoms in total. The number of hydrogen-bond acceptors (Lipinski definition) is 3. The van der Waals surface area contributed by atoms with Gasteiger partial charge in [-0.15, -0.1) is 0 Å². The van der Waals surface area contributed by atoms with Crippen LogP contribution in [0.25, 0.3) is 0 Å². The van der Waals surface area contributed by atoms with E-state index in [-0.39, 0.29) is 18.4 Å². The summed E-state index contributed by atoms with van der Waals surface area (Å²) in [6.07, 6.45) is 5.16. The highest BCUT2D eigenvalue weighted by Gasteiger charge is 2.28. The van der Waals surface area contributed by atoms with Crippen LogP contribution in [-0.4, -0.2) is 25.0 Å². The molecule has 2 atom stereocenters. The van der Waals surface area contributed by atoms with Gasteiger partial charge in [-0.25, -0.2) is 0 Å². The van der Waals surface area contributed by atoms with Crippen molar-refractivity contribution in [1.82, 2.24) is 5.32 Å². The zero-order chi connectivity index (χ0) is 13.1. The average molecular weight is 251 g/mol. The van der Waals surface area contributed by atoms with Gasteiger partial charge in [0, 0.05) is 11.6 Å². The van der Waals surface area contributed by atoms with Crippen molar-refractivity contribution in [2.45, 2.75) is 33.1 Å². The van der Waals surface area contributed by atoms with E-state index in [9.17, 15) is 9.59 Å². The third kappa shape index (κ3) is 2.99. The summed E-state index contributed by atoms with van der Waals surface area (Å²) in [7, 11) is 0. The molecule has 100 valence electrons. The van der Waals surface area contributed by atoms with Crippen LogP contribution in [0.5, 0.6) is 0 Å². The molecule has 0 radical (unpaired) electrons. The van der Waals surface area contributed by atoms with Gasteiger partial charge < -0.3 is 4.74 Å². The second kappa shape index (κ2) is 5.65. The largest absolute Gasteiger partial charge is 0.376 e. The van der Waals surface area contributed by atoms with Gasteiger partial charge in [0.05, 0.1) is 13.2 Å². The second-order valence-electron chi connectivity index (χ2n) is 5.55. The minimum absolute atomic E-state index is 0.244. The average Bonchev–Trinajstić information content (AvgIpc) is 2.62. The Morgan fingerprint density at radius 1 is 1.28 bits per heavy atom. The molecule has 1 saturated carbocycles. The summed E-state index contributed by atoms with van der Waals surface area (Å²) in [6.45, 7) is 5.47. The quantitative estimate of drug-likeness (QED) is 0.773. The van der Waals surface area contributed by atoms with Gasteiger partial charge in [-0.2, -0.15) is 0 Å². The molecule has 2 rings (SSSR count). The van der Waals surface area contributed by atoms with E-state index in [2.05, 4.69) is 19.2 Å². The highest BCUT2D eigenvalue weighted by molar-refractivity contribution is 6.16. The van der Waals surface area contributed by atoms with Crippen LogP contribution < -0.4 is 5.32 Å². The van der Waals surface area contributed by atoms with Gasteiger partial charge in [-0.3, -0.25) is 14.9 Å². The standard InChI is InChI=1S/C14H21NO3/c1-9-4-3-5-10(2)12(9)8-18-7-11-6-13(16)15-14(11)17/h6,9-10,12H,3-5,7-8H2,1-2H3,(H,15,16,17)/t9-,10-/m0/s1. The van der Waals surface area contributed by atoms with Crippen molar-refractivity contribution in [3.8, 4) is 0 Å². The van der Waals surface area contributed by atoms with Crippen LogP contribution in [-0.2, 0) is 14.3 Å². The molecule has 0 aromatic carbocycles. The number of hydrogen-bond donors (Lipinski definition) is 1. The summed E-state index contributed by atoms with van der Waals surface area (Å²) in [6, 6.07) is 0. The summed E-state index contributed by atoms with van der Waals surface area (Å²) in [5.41, 5.74) is 0.441. The lowest BCUT2D eigenvalue weighted by Crippen LogP contribution is -2.29. The highest BCUT2D eigenvalue weighted by atomic mass is 16.5. The maximum absolute atomic E-state index is 11.3. The smallest absolute Gasteiger partial charge is 0.256 e. The maximum atomic E-state index is 11.3. The fourth-order valence-corrected chi connectivity index (χ4v) is 2.94. The van der Waals surface area contributed by atoms with Crippen LogP contribution in [0.2, 0.25) is 0 Å². The Morgan fingerprint density at radius 2 is 1.94 bits per heavy atom. The number of rotatable bonds is 4. The summed E-state index contributed by atoms with van der Waals surface area (Å²) in [4.78, 5) is 22.3. The normalized spacial score (nSPS) is 29.3. The van der Waals surface area contributed by atoms with E-state index in [1.165, 1.54) is 25.3 Å². The molecule has 2 aliphatic rings. The van der Waals surface area contributed by atoms with Crippen molar-refractivity contribution in [3.05, 3.63) is 11.6 Å². The number of ether oxygens (including phenoxy) is 1. The Kier molecular flexibility index (Phi) is 4.17. The molecule has 1 heterocycles. The zero-order valence-electron chi connectivity index (χ0n) is 11.1. The minimum atomic E-state index is -0.335. The molecule has 2 amide bonds. The third-order valence-corrected chi connectivity index (χ3v) is 4.18. The van der Waals surface area contributed by atoms with Gasteiger partial charge in [0.25, 0.3) is 11.8 Å². The van der Waals surface area contributed by atoms with Gasteiger partial charge in [-0.1, -0.05) is 33.1 Å². The first kappa shape index (κ1) is 13.3. The van der Waals surface area contributed by atoms with E-state index >= 15 is 0 Å². The predicted molar refractivity (Wildman–Crippen MR) is 67.7 cm³/mol. The Balaban J connectivity index is 1.79. The van der Waals surface area contributed by atoms with Crippen molar-refractivity contribution in [1.29, 1.82) is 0 Å². The van der Waals surface area contributed by atoms with Crippen LogP contribution in [0.1, 0.15) is 33.1 Å². The molecule has 0 bridgehead atoms. The van der Waals surface area contributed by atoms with Crippen molar-refractivity contribution < 1.29 is 14.3 Å². The lowest BCUT2D eigenvalue weighted by Gasteiger charge is -2.34. The molecule has 0 spiro atoms. The lowest BCUT2D eigenvalue weighted by molar-refractivity contribution is -0.124. The monoisotopic (exact) mass is 251 g/mol. The van der Waals surface area contributed by atoms with Gasteiger partial charge >= 0.3 is 0 Å². The number of carbonyl (C=O) groups excluding carboxylic acids is 2. The molecule has 0 aromatic heterocycles. The van der Waals surface area contributed by atoms with E-state index in [1.54, 1.807) is 0 Å². The number of nitrogens with one attached hydrogen (secondary N) is 1. The Hall–Kier alpha value is -1.16. The Morgan fingerprint density at radius 3 is 2.50 bits per heavy atom. The fourth-order valence-electron chi connectivity index (χ4n) is 2.94. The molecule has 1 aliphatic carbocycles. The molecule has 0 aromatic rings. The van der Waals surface area contributed by atoms with Crippen molar-refractivity contribution in [2.75, 3.05) is 13.2 Å². The number of imide groups is 1. The van der Waals surface area contributed by atoms with Crippen LogP contribution in [0, 0.1) is 17.8 Å². The predicted octanol–water partition coefficient (Wildman–Crippen LogP) is 1.66. The van der Waals surface area contributed by atoms with Crippen LogP contribution in [0.4, 0.5) is 0 Å². The summed E-state index contributed by atoms with van der Waals surface area (Å²) in [5, 5.41) is 2.22. The second-order valence-corrected chi connectivity index (χ2v) is 5.55. The Bertz CT molecular complexity index is 365. The highest BCUT2D eigenvalue weighted by Crippen LogP contribution is 2.34. The van der Waals surface area contributed by atoms with E-state index in [1.807, 2.05) is 0 Å². The van der Waals surface area contributed by atoms with Crippen molar-refractivity contribution in [3.63, 3.8) is 0 Å².